The van der Waals surface area contributed by atoms with Gasteiger partial charge in [-0.3, -0.25) is 24.1 Å². The number of rotatable bonds is 5. The number of amides is 3. The third-order valence-electron chi connectivity index (χ3n) is 10.2. The molecule has 12 heteroatoms. The Kier molecular flexibility index (Phi) is 7.02. The first kappa shape index (κ1) is 28.5. The number of thiazole rings is 1. The van der Waals surface area contributed by atoms with Crippen molar-refractivity contribution in [2.45, 2.75) is 41.9 Å². The zero-order chi connectivity index (χ0) is 30.3. The summed E-state index contributed by atoms with van der Waals surface area (Å²) in [6.07, 6.45) is 3.88. The van der Waals surface area contributed by atoms with Gasteiger partial charge in [0.1, 0.15) is 11.6 Å². The molecule has 2 bridgehead atoms. The normalized spacial score (nSPS) is 30.4. The van der Waals surface area contributed by atoms with Gasteiger partial charge in [-0.15, -0.1) is 11.8 Å². The number of carbonyl (C=O) groups excluding carboxylic acids is 3. The van der Waals surface area contributed by atoms with Gasteiger partial charge in [0.25, 0.3) is 5.91 Å². The lowest BCUT2D eigenvalue weighted by Crippen LogP contribution is -2.43. The monoisotopic (exact) mass is 697 g/mol. The first-order valence-corrected chi connectivity index (χ1v) is 17.5. The summed E-state index contributed by atoms with van der Waals surface area (Å²) in [5, 5.41) is 0.813. The standard InChI is InChI=1S/C32H29BrFN3O5S2/c33-15-4-9-21(42-14-22(38)36-10-2-1-3-11-36)18(12-15)23-24-19-13-20(27(24)43-29-28(23)44-32(41)35-29)26-25(19)30(39)37(31(26)40)17-7-5-16(34)6-8-17/h4-9,12,19-20,23-27H,1-3,10-11,13-14H2,(H,35,41)/t19?,20?,23-,24?,25?,26?,27?/m1/s1. The van der Waals surface area contributed by atoms with Gasteiger partial charge < -0.3 is 14.6 Å². The summed E-state index contributed by atoms with van der Waals surface area (Å²) < 4.78 is 20.8. The molecule has 44 heavy (non-hydrogen) atoms. The number of anilines is 1. The third kappa shape index (κ3) is 4.42. The zero-order valence-corrected chi connectivity index (χ0v) is 26.8. The van der Waals surface area contributed by atoms with E-state index in [2.05, 4.69) is 20.9 Å². The molecule has 0 spiro atoms. The van der Waals surface area contributed by atoms with E-state index in [0.717, 1.165) is 58.7 Å². The number of H-pyrrole nitrogens is 1. The van der Waals surface area contributed by atoms with Crippen molar-refractivity contribution >= 4 is 62.4 Å². The molecule has 0 radical (unpaired) electrons. The lowest BCUT2D eigenvalue weighted by atomic mass is 9.68. The van der Waals surface area contributed by atoms with E-state index in [1.165, 1.54) is 40.5 Å². The van der Waals surface area contributed by atoms with Gasteiger partial charge in [0.05, 0.1) is 22.5 Å². The number of benzene rings is 2. The van der Waals surface area contributed by atoms with Crippen LogP contribution < -0.4 is 14.5 Å². The quantitative estimate of drug-likeness (QED) is 0.358. The Morgan fingerprint density at radius 1 is 1.00 bits per heavy atom. The van der Waals surface area contributed by atoms with Crippen LogP contribution in [0.3, 0.4) is 0 Å². The smallest absolute Gasteiger partial charge is 0.305 e. The summed E-state index contributed by atoms with van der Waals surface area (Å²) in [5.74, 6) is -1.66. The maximum Gasteiger partial charge on any atom is 0.305 e. The predicted octanol–water partition coefficient (Wildman–Crippen LogP) is 5.41. The number of aromatic amines is 1. The number of thioether (sulfide) groups is 1. The van der Waals surface area contributed by atoms with E-state index in [9.17, 15) is 23.6 Å². The number of fused-ring (bicyclic) bond motifs is 9. The molecule has 5 aliphatic rings. The van der Waals surface area contributed by atoms with E-state index in [4.69, 9.17) is 4.74 Å². The van der Waals surface area contributed by atoms with E-state index >= 15 is 0 Å². The number of nitrogens with one attached hydrogen (secondary N) is 1. The molecule has 2 aromatic carbocycles. The van der Waals surface area contributed by atoms with Crippen molar-refractivity contribution < 1.29 is 23.5 Å². The fourth-order valence-corrected chi connectivity index (χ4v) is 11.7. The SMILES string of the molecule is O=C(COc1ccc(Br)cc1[C@H]1c2sc(=O)[nH]c2SC2C3CC(C4C(=O)N(c5ccc(F)cc5)C(=O)C34)C21)N1CCCCC1. The molecule has 228 valence electrons. The molecule has 8 nitrogen and oxygen atoms in total. The highest BCUT2D eigenvalue weighted by molar-refractivity contribution is 9.10. The summed E-state index contributed by atoms with van der Waals surface area (Å²) in [4.78, 5) is 60.4. The fourth-order valence-electron chi connectivity index (χ4n) is 8.48. The first-order valence-electron chi connectivity index (χ1n) is 15.0. The number of nitrogens with zero attached hydrogens (tertiary/aromatic N) is 2. The molecule has 2 saturated heterocycles. The molecule has 7 atom stereocenters. The number of piperidine rings is 1. The van der Waals surface area contributed by atoms with Crippen molar-refractivity contribution in [1.82, 2.24) is 9.88 Å². The maximum atomic E-state index is 14.0. The lowest BCUT2D eigenvalue weighted by molar-refractivity contribution is -0.134. The van der Waals surface area contributed by atoms with Crippen molar-refractivity contribution in [3.8, 4) is 5.75 Å². The van der Waals surface area contributed by atoms with Crippen molar-refractivity contribution in [3.05, 3.63) is 72.9 Å². The van der Waals surface area contributed by atoms with Crippen LogP contribution in [0, 0.1) is 35.4 Å². The van der Waals surface area contributed by atoms with Crippen LogP contribution in [0.5, 0.6) is 5.75 Å². The first-order chi connectivity index (χ1) is 21.3. The second-order valence-corrected chi connectivity index (χ2v) is 15.5. The number of aromatic nitrogens is 1. The van der Waals surface area contributed by atoms with Gasteiger partial charge in [-0.05, 0) is 85.9 Å². The highest BCUT2D eigenvalue weighted by Crippen LogP contribution is 2.69. The molecule has 2 saturated carbocycles. The van der Waals surface area contributed by atoms with Crippen LogP contribution in [-0.2, 0) is 14.4 Å². The topological polar surface area (TPSA) is 99.8 Å². The third-order valence-corrected chi connectivity index (χ3v) is 13.3. The Balaban J connectivity index is 1.16. The van der Waals surface area contributed by atoms with Gasteiger partial charge in [0.15, 0.2) is 6.61 Å². The van der Waals surface area contributed by atoms with Crippen LogP contribution in [0.15, 0.2) is 56.8 Å². The molecule has 2 aliphatic carbocycles. The second kappa shape index (κ2) is 10.8. The van der Waals surface area contributed by atoms with Crippen molar-refractivity contribution in [2.24, 2.45) is 29.6 Å². The van der Waals surface area contributed by atoms with Gasteiger partial charge in [-0.1, -0.05) is 27.3 Å². The highest BCUT2D eigenvalue weighted by atomic mass is 79.9. The lowest BCUT2D eigenvalue weighted by Gasteiger charge is -2.43. The molecular weight excluding hydrogens is 669 g/mol. The van der Waals surface area contributed by atoms with E-state index in [1.807, 2.05) is 23.1 Å². The van der Waals surface area contributed by atoms with Crippen LogP contribution in [0.4, 0.5) is 10.1 Å². The number of carbonyl (C=O) groups is 3. The zero-order valence-electron chi connectivity index (χ0n) is 23.5. The van der Waals surface area contributed by atoms with Crippen LogP contribution in [0.1, 0.15) is 42.0 Å². The molecule has 3 amide bonds. The minimum atomic E-state index is -0.476. The second-order valence-electron chi connectivity index (χ2n) is 12.4. The molecule has 4 heterocycles. The Morgan fingerprint density at radius 2 is 1.73 bits per heavy atom. The Labute approximate surface area is 269 Å². The maximum absolute atomic E-state index is 14.0. The minimum Gasteiger partial charge on any atom is -0.483 e. The highest BCUT2D eigenvalue weighted by Gasteiger charge is 2.69. The molecule has 4 fully saturated rings. The van der Waals surface area contributed by atoms with Gasteiger partial charge in [0, 0.05) is 39.2 Å². The van der Waals surface area contributed by atoms with Crippen LogP contribution >= 0.6 is 39.0 Å². The summed E-state index contributed by atoms with van der Waals surface area (Å²) in [6, 6.07) is 11.3. The summed E-state index contributed by atoms with van der Waals surface area (Å²) in [5.41, 5.74) is 1.26. The van der Waals surface area contributed by atoms with Gasteiger partial charge >= 0.3 is 4.87 Å². The number of halogens is 2. The number of hydrogen-bond donors (Lipinski definition) is 1. The van der Waals surface area contributed by atoms with Crippen LogP contribution in [-0.4, -0.2) is 52.6 Å². The van der Waals surface area contributed by atoms with Gasteiger partial charge in [0.2, 0.25) is 11.8 Å². The van der Waals surface area contributed by atoms with Crippen molar-refractivity contribution in [2.75, 3.05) is 24.6 Å². The summed E-state index contributed by atoms with van der Waals surface area (Å²) in [7, 11) is 0. The molecule has 3 aliphatic heterocycles. The largest absolute Gasteiger partial charge is 0.483 e. The molecule has 3 aromatic rings. The molecule has 6 unspecified atom stereocenters. The molecular formula is C32H29BrFN3O5S2. The number of imide groups is 1. The van der Waals surface area contributed by atoms with Gasteiger partial charge in [-0.2, -0.15) is 0 Å². The van der Waals surface area contributed by atoms with Crippen LogP contribution in [0.25, 0.3) is 0 Å². The Morgan fingerprint density at radius 3 is 2.48 bits per heavy atom. The number of hydrogen-bond acceptors (Lipinski definition) is 7. The van der Waals surface area contributed by atoms with E-state index < -0.39 is 17.7 Å². The summed E-state index contributed by atoms with van der Waals surface area (Å²) in [6.45, 7) is 1.41. The van der Waals surface area contributed by atoms with Crippen molar-refractivity contribution in [3.63, 3.8) is 0 Å². The van der Waals surface area contributed by atoms with Gasteiger partial charge in [-0.25, -0.2) is 4.39 Å². The molecule has 8 rings (SSSR count). The predicted molar refractivity (Wildman–Crippen MR) is 167 cm³/mol. The average molecular weight is 699 g/mol. The Bertz CT molecular complexity index is 1740. The Hall–Kier alpha value is -2.96. The fraction of sp³-hybridized carbons (Fsp3) is 0.438. The van der Waals surface area contributed by atoms with E-state index in [1.54, 1.807) is 11.8 Å². The number of ether oxygens (including phenoxy) is 1. The van der Waals surface area contributed by atoms with E-state index in [-0.39, 0.29) is 58.1 Å². The molecule has 1 N–H and O–H groups in total. The molecule has 1 aromatic heterocycles. The van der Waals surface area contributed by atoms with E-state index in [0.29, 0.717) is 11.4 Å². The van der Waals surface area contributed by atoms with Crippen LogP contribution in [0.2, 0.25) is 0 Å². The summed E-state index contributed by atoms with van der Waals surface area (Å²) >= 11 is 6.43. The van der Waals surface area contributed by atoms with Crippen molar-refractivity contribution in [1.29, 1.82) is 0 Å². The minimum absolute atomic E-state index is 0.00994. The number of likely N-dealkylation sites (tertiary alicyclic amines) is 1. The average Bonchev–Trinajstić information content (AvgIpc) is 3.76.